The molecule has 0 saturated heterocycles. The van der Waals surface area contributed by atoms with Crippen LogP contribution in [0.15, 0.2) is 0 Å². The fourth-order valence-electron chi connectivity index (χ4n) is 2.79. The predicted octanol–water partition coefficient (Wildman–Crippen LogP) is 2.53. The average Bonchev–Trinajstić information content (AvgIpc) is 2.34. The summed E-state index contributed by atoms with van der Waals surface area (Å²) in [7, 11) is 0.670. The lowest BCUT2D eigenvalue weighted by atomic mass is 10.5. The van der Waals surface area contributed by atoms with Gasteiger partial charge in [-0.1, -0.05) is 39.3 Å². The van der Waals surface area contributed by atoms with Gasteiger partial charge in [-0.25, -0.2) is 0 Å². The first-order valence-corrected chi connectivity index (χ1v) is 16.7. The maximum atomic E-state index is 5.78. The molecule has 0 N–H and O–H groups in total. The van der Waals surface area contributed by atoms with Crippen LogP contribution in [0.1, 0.15) is 6.42 Å². The Kier molecular flexibility index (Phi) is 10.5. The molecule has 0 aliphatic heterocycles. The molecule has 4 nitrogen and oxygen atoms in total. The molecule has 0 aromatic carbocycles. The SMILES string of the molecule is COC(OC)[SiH2]CCOCCCN([Si](C)(C)C)[Si](C)(C)C. The summed E-state index contributed by atoms with van der Waals surface area (Å²) in [5, 5.41) is 0. The van der Waals surface area contributed by atoms with E-state index in [4.69, 9.17) is 14.2 Å². The van der Waals surface area contributed by atoms with Crippen molar-refractivity contribution in [2.75, 3.05) is 34.0 Å². The van der Waals surface area contributed by atoms with Crippen LogP contribution in [0.3, 0.4) is 0 Å². The highest BCUT2D eigenvalue weighted by Gasteiger charge is 2.33. The molecule has 0 aliphatic rings. The van der Waals surface area contributed by atoms with Crippen LogP contribution in [-0.4, -0.2) is 70.1 Å². The molecule has 0 spiro atoms. The van der Waals surface area contributed by atoms with Crippen molar-refractivity contribution in [2.24, 2.45) is 0 Å². The quantitative estimate of drug-likeness (QED) is 0.307. The number of methoxy groups -OCH3 is 2. The van der Waals surface area contributed by atoms with E-state index in [2.05, 4.69) is 43.5 Å². The normalized spacial score (nSPS) is 14.0. The maximum Gasteiger partial charge on any atom is 0.134 e. The van der Waals surface area contributed by atoms with Crippen molar-refractivity contribution in [2.45, 2.75) is 57.7 Å². The van der Waals surface area contributed by atoms with E-state index in [9.17, 15) is 0 Å². The molecular formula is C14H37NO3Si3. The number of ether oxygens (including phenoxy) is 3. The molecule has 7 heteroatoms. The van der Waals surface area contributed by atoms with Gasteiger partial charge in [-0.2, -0.15) is 0 Å². The second-order valence-electron chi connectivity index (χ2n) is 7.50. The zero-order valence-electron chi connectivity index (χ0n) is 15.5. The van der Waals surface area contributed by atoms with Gasteiger partial charge < -0.3 is 18.4 Å². The molecule has 0 aromatic rings. The van der Waals surface area contributed by atoms with Crippen molar-refractivity contribution >= 4 is 26.0 Å². The lowest BCUT2D eigenvalue weighted by Gasteiger charge is -2.43. The Bertz CT molecular complexity index is 249. The first-order valence-electron chi connectivity index (χ1n) is 8.04. The third kappa shape index (κ3) is 9.98. The van der Waals surface area contributed by atoms with E-state index < -0.39 is 16.5 Å². The maximum absolute atomic E-state index is 5.78. The van der Waals surface area contributed by atoms with Crippen LogP contribution >= 0.6 is 0 Å². The van der Waals surface area contributed by atoms with Crippen LogP contribution in [0.5, 0.6) is 0 Å². The molecule has 0 unspecified atom stereocenters. The third-order valence-electron chi connectivity index (χ3n) is 3.54. The summed E-state index contributed by atoms with van der Waals surface area (Å²) in [6, 6.07) is 1.12. The molecular weight excluding hydrogens is 314 g/mol. The first kappa shape index (κ1) is 21.5. The molecule has 0 bridgehead atoms. The minimum Gasteiger partial charge on any atom is -0.382 e. The van der Waals surface area contributed by atoms with Crippen LogP contribution < -0.4 is 0 Å². The Morgan fingerprint density at radius 2 is 1.43 bits per heavy atom. The van der Waals surface area contributed by atoms with Gasteiger partial charge in [0.1, 0.15) is 22.4 Å². The molecule has 0 atom stereocenters. The molecule has 0 amide bonds. The predicted molar refractivity (Wildman–Crippen MR) is 100.0 cm³/mol. The third-order valence-corrected chi connectivity index (χ3v) is 13.1. The van der Waals surface area contributed by atoms with E-state index in [0.717, 1.165) is 25.7 Å². The lowest BCUT2D eigenvalue weighted by Crippen LogP contribution is -2.59. The Balaban J connectivity index is 3.83. The van der Waals surface area contributed by atoms with Crippen LogP contribution in [0.2, 0.25) is 45.3 Å². The van der Waals surface area contributed by atoms with Gasteiger partial charge in [0, 0.05) is 27.4 Å². The Hall–Kier alpha value is 0.491. The Morgan fingerprint density at radius 1 is 0.905 bits per heavy atom. The van der Waals surface area contributed by atoms with E-state index in [1.54, 1.807) is 14.2 Å². The van der Waals surface area contributed by atoms with Crippen molar-refractivity contribution in [3.05, 3.63) is 0 Å². The van der Waals surface area contributed by atoms with Crippen molar-refractivity contribution in [3.63, 3.8) is 0 Å². The van der Waals surface area contributed by atoms with Gasteiger partial charge in [0.25, 0.3) is 0 Å². The van der Waals surface area contributed by atoms with Gasteiger partial charge in [-0.05, 0) is 19.0 Å². The molecule has 0 saturated carbocycles. The zero-order valence-corrected chi connectivity index (χ0v) is 18.9. The summed E-state index contributed by atoms with van der Waals surface area (Å²) in [5.41, 5.74) is 0. The van der Waals surface area contributed by atoms with Crippen molar-refractivity contribution < 1.29 is 14.2 Å². The molecule has 0 heterocycles. The zero-order chi connectivity index (χ0) is 16.5. The molecule has 0 radical (unpaired) electrons. The highest BCUT2D eigenvalue weighted by Crippen LogP contribution is 2.19. The standard InChI is InChI=1S/C14H37NO3Si3/c1-16-14(17-2)19-13-12-18-11-9-10-15(20(3,4)5)21(6,7)8/h14H,9-13,19H2,1-8H3. The summed E-state index contributed by atoms with van der Waals surface area (Å²) in [6.45, 7) is 17.6. The van der Waals surface area contributed by atoms with Gasteiger partial charge in [0.15, 0.2) is 0 Å². The molecule has 21 heavy (non-hydrogen) atoms. The number of hydrogen-bond acceptors (Lipinski definition) is 4. The summed E-state index contributed by atoms with van der Waals surface area (Å²) in [4.78, 5) is 0. The van der Waals surface area contributed by atoms with E-state index >= 15 is 0 Å². The first-order chi connectivity index (χ1) is 9.62. The van der Waals surface area contributed by atoms with Gasteiger partial charge in [0.05, 0.1) is 9.52 Å². The van der Waals surface area contributed by atoms with Gasteiger partial charge in [-0.3, -0.25) is 0 Å². The van der Waals surface area contributed by atoms with Gasteiger partial charge in [0.2, 0.25) is 0 Å². The number of rotatable bonds is 12. The van der Waals surface area contributed by atoms with Gasteiger partial charge >= 0.3 is 0 Å². The topological polar surface area (TPSA) is 30.9 Å². The van der Waals surface area contributed by atoms with Crippen molar-refractivity contribution in [3.8, 4) is 0 Å². The molecule has 0 rings (SSSR count). The second kappa shape index (κ2) is 10.3. The van der Waals surface area contributed by atoms with Gasteiger partial charge in [-0.15, -0.1) is 0 Å². The van der Waals surface area contributed by atoms with E-state index in [-0.39, 0.29) is 15.4 Å². The average molecular weight is 352 g/mol. The molecule has 0 aromatic heterocycles. The van der Waals surface area contributed by atoms with E-state index in [0.29, 0.717) is 0 Å². The summed E-state index contributed by atoms with van der Waals surface area (Å²) in [5.74, 6) is 0.0443. The summed E-state index contributed by atoms with van der Waals surface area (Å²) < 4.78 is 19.0. The number of nitrogens with zero attached hydrogens (tertiary/aromatic N) is 1. The highest BCUT2D eigenvalue weighted by atomic mass is 28.4. The molecule has 0 aliphatic carbocycles. The molecule has 128 valence electrons. The van der Waals surface area contributed by atoms with E-state index in [1.165, 1.54) is 6.54 Å². The highest BCUT2D eigenvalue weighted by molar-refractivity contribution is 6.89. The fourth-order valence-corrected chi connectivity index (χ4v) is 13.7. The Morgan fingerprint density at radius 3 is 1.86 bits per heavy atom. The number of hydrogen-bond donors (Lipinski definition) is 0. The van der Waals surface area contributed by atoms with Crippen LogP contribution in [0, 0.1) is 0 Å². The largest absolute Gasteiger partial charge is 0.382 e. The van der Waals surface area contributed by atoms with E-state index in [1.807, 2.05) is 0 Å². The molecule has 0 fully saturated rings. The van der Waals surface area contributed by atoms with Crippen molar-refractivity contribution in [1.29, 1.82) is 0 Å². The smallest absolute Gasteiger partial charge is 0.134 e. The summed E-state index contributed by atoms with van der Waals surface area (Å²) >= 11 is 0. The van der Waals surface area contributed by atoms with Crippen LogP contribution in [0.4, 0.5) is 0 Å². The fraction of sp³-hybridized carbons (Fsp3) is 1.00. The minimum atomic E-state index is -1.21. The van der Waals surface area contributed by atoms with Crippen LogP contribution in [0.25, 0.3) is 0 Å². The monoisotopic (exact) mass is 351 g/mol. The van der Waals surface area contributed by atoms with Crippen LogP contribution in [-0.2, 0) is 14.2 Å². The Labute approximate surface area is 136 Å². The second-order valence-corrected chi connectivity index (χ2v) is 19.7. The lowest BCUT2D eigenvalue weighted by molar-refractivity contribution is -0.0445. The summed E-state index contributed by atoms with van der Waals surface area (Å²) in [6.07, 6.45) is 1.15. The van der Waals surface area contributed by atoms with Crippen molar-refractivity contribution in [1.82, 2.24) is 4.23 Å². The minimum absolute atomic E-state index is 0.0443.